The smallest absolute Gasteiger partial charge is 0.346 e. The maximum absolute atomic E-state index is 14.5. The van der Waals surface area contributed by atoms with Gasteiger partial charge in [-0.1, -0.05) is 72.9 Å². The molecule has 1 saturated heterocycles. The van der Waals surface area contributed by atoms with Gasteiger partial charge in [0.15, 0.2) is 14.9 Å². The molecular formula is C37H55F3N6O7S. The molecule has 13 nitrogen and oxygen atoms in total. The van der Waals surface area contributed by atoms with Crippen LogP contribution < -0.4 is 21.3 Å². The van der Waals surface area contributed by atoms with Crippen molar-refractivity contribution in [2.75, 3.05) is 18.8 Å². The molecule has 2 aliphatic rings. The van der Waals surface area contributed by atoms with Crippen molar-refractivity contribution in [3.8, 4) is 0 Å². The lowest BCUT2D eigenvalue weighted by Gasteiger charge is -2.40. The normalized spacial score (nSPS) is 20.3. The molecule has 1 aromatic heterocycles. The van der Waals surface area contributed by atoms with Crippen LogP contribution in [-0.2, 0) is 29.0 Å². The summed E-state index contributed by atoms with van der Waals surface area (Å²) in [5, 5.41) is 10.1. The molecule has 1 aliphatic carbocycles. The minimum absolute atomic E-state index is 0.0575. The Bertz CT molecular complexity index is 1640. The first-order valence-electron chi connectivity index (χ1n) is 18.2. The predicted octanol–water partition coefficient (Wildman–Crippen LogP) is 4.23. The fourth-order valence-electron chi connectivity index (χ4n) is 7.24. The highest BCUT2D eigenvalue weighted by Gasteiger charge is 2.50. The van der Waals surface area contributed by atoms with E-state index in [2.05, 4.69) is 32.8 Å². The van der Waals surface area contributed by atoms with Crippen molar-refractivity contribution in [3.63, 3.8) is 0 Å². The van der Waals surface area contributed by atoms with Gasteiger partial charge in [0.05, 0.1) is 17.3 Å². The third-order valence-electron chi connectivity index (χ3n) is 10.0. The van der Waals surface area contributed by atoms with Crippen LogP contribution in [0.5, 0.6) is 0 Å². The molecule has 1 saturated carbocycles. The number of sulfone groups is 1. The highest BCUT2D eigenvalue weighted by molar-refractivity contribution is 7.91. The summed E-state index contributed by atoms with van der Waals surface area (Å²) in [6, 6.07) is -0.579. The summed E-state index contributed by atoms with van der Waals surface area (Å²) in [5.41, 5.74) is -2.69. The molecule has 1 aliphatic heterocycles. The predicted molar refractivity (Wildman–Crippen MR) is 196 cm³/mol. The molecule has 4 N–H and O–H groups in total. The van der Waals surface area contributed by atoms with Crippen molar-refractivity contribution < 1.29 is 45.6 Å². The van der Waals surface area contributed by atoms with Gasteiger partial charge in [0.1, 0.15) is 12.1 Å². The van der Waals surface area contributed by atoms with Crippen molar-refractivity contribution in [1.29, 1.82) is 0 Å². The van der Waals surface area contributed by atoms with Crippen molar-refractivity contribution >= 4 is 39.4 Å². The summed E-state index contributed by atoms with van der Waals surface area (Å²) in [6.45, 7) is 14.0. The second-order valence-corrected chi connectivity index (χ2v) is 18.4. The van der Waals surface area contributed by atoms with Crippen LogP contribution in [-0.4, -0.2) is 96.5 Å². The van der Waals surface area contributed by atoms with E-state index in [4.69, 9.17) is 0 Å². The van der Waals surface area contributed by atoms with Gasteiger partial charge >= 0.3 is 12.2 Å². The first kappa shape index (κ1) is 44.4. The molecule has 17 heteroatoms. The van der Waals surface area contributed by atoms with Crippen molar-refractivity contribution in [1.82, 2.24) is 31.2 Å². The summed E-state index contributed by atoms with van der Waals surface area (Å²) in [4.78, 5) is 73.2. The van der Waals surface area contributed by atoms with Gasteiger partial charge in [-0.2, -0.15) is 13.2 Å². The topological polar surface area (TPSA) is 184 Å². The van der Waals surface area contributed by atoms with Gasteiger partial charge < -0.3 is 26.2 Å². The number of Topliss-reactive ketones (excluding diaryl/α,β-unsaturated/α-hetero) is 1. The van der Waals surface area contributed by atoms with Crippen molar-refractivity contribution in [3.05, 3.63) is 37.1 Å². The number of aromatic nitrogens is 1. The van der Waals surface area contributed by atoms with Crippen LogP contribution in [0.2, 0.25) is 0 Å². The fraction of sp³-hybridized carbons (Fsp3) is 0.676. The second kappa shape index (κ2) is 17.6. The Labute approximate surface area is 316 Å². The van der Waals surface area contributed by atoms with E-state index in [9.17, 15) is 45.6 Å². The van der Waals surface area contributed by atoms with E-state index < -0.39 is 105 Å². The fourth-order valence-corrected chi connectivity index (χ4v) is 8.98. The average molecular weight is 785 g/mol. The number of nitrogens with zero attached hydrogens (tertiary/aromatic N) is 2. The Kier molecular flexibility index (Phi) is 14.5. The Hall–Kier alpha value is -4.02. The Morgan fingerprint density at radius 1 is 1.02 bits per heavy atom. The lowest BCUT2D eigenvalue weighted by molar-refractivity contribution is -0.148. The minimum Gasteiger partial charge on any atom is -0.346 e. The van der Waals surface area contributed by atoms with Gasteiger partial charge in [-0.25, -0.2) is 18.2 Å². The Morgan fingerprint density at radius 2 is 1.67 bits per heavy atom. The molecule has 0 aromatic carbocycles. The van der Waals surface area contributed by atoms with Crippen LogP contribution in [0.4, 0.5) is 18.0 Å². The molecule has 2 unspecified atom stereocenters. The molecule has 1 aromatic rings. The summed E-state index contributed by atoms with van der Waals surface area (Å²) < 4.78 is 66.7. The van der Waals surface area contributed by atoms with E-state index in [0.29, 0.717) is 32.1 Å². The van der Waals surface area contributed by atoms with E-state index >= 15 is 0 Å². The van der Waals surface area contributed by atoms with E-state index in [1.54, 1.807) is 32.9 Å². The number of carbonyl (C=O) groups excluding carboxylic acids is 5. The quantitative estimate of drug-likeness (QED) is 0.160. The monoisotopic (exact) mass is 784 g/mol. The zero-order valence-corrected chi connectivity index (χ0v) is 32.8. The SMILES string of the molecule is C=CCNC(=O)C(=O)C(CCC(F)(F)F)NC(=O)[C@@H]1C(C(C)(C)C)CCN1C(=O)[C@@H](NC(=O)NC1(CS(=O)(=O)c2ccccn2)CCCCC1)C(C)(C)C. The number of halogens is 3. The number of amides is 5. The number of rotatable bonds is 14. The van der Waals surface area contributed by atoms with Gasteiger partial charge in [-0.05, 0) is 54.6 Å². The Balaban J connectivity index is 1.92. The maximum atomic E-state index is 14.5. The van der Waals surface area contributed by atoms with E-state index in [1.165, 1.54) is 23.2 Å². The van der Waals surface area contributed by atoms with Gasteiger partial charge in [-0.15, -0.1) is 6.58 Å². The second-order valence-electron chi connectivity index (χ2n) is 16.5. The summed E-state index contributed by atoms with van der Waals surface area (Å²) in [5.74, 6) is -4.95. The number of pyridine rings is 1. The first-order chi connectivity index (χ1) is 24.9. The molecule has 54 heavy (non-hydrogen) atoms. The zero-order chi connectivity index (χ0) is 40.7. The number of nitrogens with one attached hydrogen (secondary N) is 4. The molecule has 3 rings (SSSR count). The van der Waals surface area contributed by atoms with E-state index in [-0.39, 0.29) is 18.1 Å². The summed E-state index contributed by atoms with van der Waals surface area (Å²) in [6.07, 6.45) is -1.12. The number of hydrogen-bond acceptors (Lipinski definition) is 8. The van der Waals surface area contributed by atoms with Crippen LogP contribution in [0.1, 0.15) is 92.9 Å². The summed E-state index contributed by atoms with van der Waals surface area (Å²) in [7, 11) is -3.92. The molecule has 302 valence electrons. The van der Waals surface area contributed by atoms with Crippen LogP contribution in [0.15, 0.2) is 42.1 Å². The van der Waals surface area contributed by atoms with Gasteiger partial charge in [0.2, 0.25) is 17.6 Å². The van der Waals surface area contributed by atoms with Gasteiger partial charge in [0, 0.05) is 25.7 Å². The van der Waals surface area contributed by atoms with Crippen LogP contribution in [0, 0.1) is 16.7 Å². The van der Waals surface area contributed by atoms with Crippen LogP contribution in [0.3, 0.4) is 0 Å². The third kappa shape index (κ3) is 12.0. The van der Waals surface area contributed by atoms with Gasteiger partial charge in [0.25, 0.3) is 5.91 Å². The third-order valence-corrected chi connectivity index (χ3v) is 11.9. The molecule has 2 fully saturated rings. The standard InChI is InChI=1S/C37H55F3N6O7S/c1-8-20-42-31(49)28(47)25(15-19-37(38,39)40)43-30(48)27-24(34(2,3)4)16-22-46(27)32(50)29(35(5,6)7)44-33(51)45-36(17-11-9-12-18-36)23-54(52,53)26-14-10-13-21-41-26/h8,10,13-14,21,24-25,27,29H,1,9,11-12,15-20,22-23H2,2-7H3,(H,42,49)(H,43,48)(H2,44,45,51)/t24?,25?,27-,29+/m0/s1. The number of carbonyl (C=O) groups is 5. The maximum Gasteiger partial charge on any atom is 0.389 e. The lowest BCUT2D eigenvalue weighted by atomic mass is 9.75. The van der Waals surface area contributed by atoms with E-state index in [0.717, 1.165) is 6.42 Å². The number of likely N-dealkylation sites (tertiary alicyclic amines) is 1. The number of hydrogen-bond donors (Lipinski definition) is 4. The van der Waals surface area contributed by atoms with Crippen LogP contribution in [0.25, 0.3) is 0 Å². The van der Waals surface area contributed by atoms with Gasteiger partial charge in [-0.3, -0.25) is 19.2 Å². The highest BCUT2D eigenvalue weighted by Crippen LogP contribution is 2.40. The van der Waals surface area contributed by atoms with Crippen molar-refractivity contribution in [2.24, 2.45) is 16.7 Å². The number of alkyl halides is 3. The van der Waals surface area contributed by atoms with Crippen molar-refractivity contribution in [2.45, 2.75) is 128 Å². The van der Waals surface area contributed by atoms with E-state index in [1.807, 2.05) is 20.8 Å². The first-order valence-corrected chi connectivity index (χ1v) is 19.9. The average Bonchev–Trinajstić information content (AvgIpc) is 3.53. The lowest BCUT2D eigenvalue weighted by Crippen LogP contribution is -2.63. The number of ketones is 1. The Morgan fingerprint density at radius 3 is 2.20 bits per heavy atom. The molecule has 0 radical (unpaired) electrons. The minimum atomic E-state index is -4.69. The molecule has 0 spiro atoms. The summed E-state index contributed by atoms with van der Waals surface area (Å²) >= 11 is 0. The molecule has 2 heterocycles. The molecule has 4 atom stereocenters. The largest absolute Gasteiger partial charge is 0.389 e. The molecular weight excluding hydrogens is 730 g/mol. The highest BCUT2D eigenvalue weighted by atomic mass is 32.2. The molecule has 0 bridgehead atoms. The zero-order valence-electron chi connectivity index (χ0n) is 32.0. The molecule has 5 amide bonds. The van der Waals surface area contributed by atoms with Crippen LogP contribution >= 0.6 is 0 Å². The number of urea groups is 1.